The quantitative estimate of drug-likeness (QED) is 0.756. The van der Waals surface area contributed by atoms with Crippen LogP contribution in [0.2, 0.25) is 0 Å². The van der Waals surface area contributed by atoms with Crippen LogP contribution in [-0.2, 0) is 4.79 Å². The summed E-state index contributed by atoms with van der Waals surface area (Å²) in [4.78, 5) is 8.00. The molecule has 0 aromatic heterocycles. The summed E-state index contributed by atoms with van der Waals surface area (Å²) in [7, 11) is 0. The van der Waals surface area contributed by atoms with E-state index in [1.54, 1.807) is 0 Å². The zero-order valence-corrected chi connectivity index (χ0v) is 13.5. The Balaban J connectivity index is -0.000000196. The molecule has 1 rings (SSSR count). The third-order valence-corrected chi connectivity index (χ3v) is 2.04. The van der Waals surface area contributed by atoms with Crippen LogP contribution in [0.4, 0.5) is 0 Å². The highest BCUT2D eigenvalue weighted by atomic mass is 16.1. The Morgan fingerprint density at radius 1 is 1.33 bits per heavy atom. The summed E-state index contributed by atoms with van der Waals surface area (Å²) >= 11 is 0. The van der Waals surface area contributed by atoms with Crippen molar-refractivity contribution >= 4 is 6.79 Å². The van der Waals surface area contributed by atoms with Gasteiger partial charge in [0.2, 0.25) is 0 Å². The fraction of sp³-hybridized carbons (Fsp3) is 0.800. The first kappa shape index (κ1) is 22.4. The normalized spacial score (nSPS) is 17.1. The molecular formula is C15H34N2O. The third-order valence-electron chi connectivity index (χ3n) is 2.04. The monoisotopic (exact) mass is 258 g/mol. The van der Waals surface area contributed by atoms with Crippen LogP contribution in [0, 0.1) is 0 Å². The maximum absolute atomic E-state index is 8.00. The van der Waals surface area contributed by atoms with Crippen LogP contribution in [0.3, 0.4) is 0 Å². The lowest BCUT2D eigenvalue weighted by molar-refractivity contribution is -0.0979. The minimum absolute atomic E-state index is 0.300. The van der Waals surface area contributed by atoms with Crippen LogP contribution in [0.1, 0.15) is 61.3 Å². The molecule has 0 amide bonds. The Kier molecular flexibility index (Phi) is 17.7. The summed E-state index contributed by atoms with van der Waals surface area (Å²) in [5.41, 5.74) is 1.50. The Labute approximate surface area is 114 Å². The molecule has 0 aliphatic carbocycles. The smallest absolute Gasteiger partial charge is 0.106 e. The molecule has 1 atom stereocenters. The number of nitrogens with one attached hydrogen (secondary N) is 2. The van der Waals surface area contributed by atoms with E-state index in [2.05, 4.69) is 51.8 Å². The second-order valence-corrected chi connectivity index (χ2v) is 4.97. The molecule has 0 saturated carbocycles. The van der Waals surface area contributed by atoms with Gasteiger partial charge in [-0.15, -0.1) is 0 Å². The van der Waals surface area contributed by atoms with Gasteiger partial charge in [-0.05, 0) is 47.1 Å². The van der Waals surface area contributed by atoms with Crippen molar-refractivity contribution in [3.8, 4) is 0 Å². The molecule has 1 unspecified atom stereocenters. The van der Waals surface area contributed by atoms with Crippen molar-refractivity contribution in [3.05, 3.63) is 12.3 Å². The number of carbonyl (C=O) groups excluding carboxylic acids is 1. The number of allylic oxidation sites excluding steroid dienone is 1. The molecule has 0 spiro atoms. The summed E-state index contributed by atoms with van der Waals surface area (Å²) < 4.78 is 0. The van der Waals surface area contributed by atoms with E-state index in [9.17, 15) is 0 Å². The highest BCUT2D eigenvalue weighted by molar-refractivity contribution is 5.11. The lowest BCUT2D eigenvalue weighted by Gasteiger charge is -2.18. The molecule has 1 aliphatic heterocycles. The fourth-order valence-electron chi connectivity index (χ4n) is 1.41. The average molecular weight is 258 g/mol. The van der Waals surface area contributed by atoms with Gasteiger partial charge in [0.1, 0.15) is 6.79 Å². The lowest BCUT2D eigenvalue weighted by Crippen LogP contribution is -2.35. The molecule has 1 aliphatic rings. The topological polar surface area (TPSA) is 41.1 Å². The molecule has 0 radical (unpaired) electrons. The predicted molar refractivity (Wildman–Crippen MR) is 82.9 cm³/mol. The fourth-order valence-corrected chi connectivity index (χ4v) is 1.41. The third kappa shape index (κ3) is 20.6. The Morgan fingerprint density at radius 2 is 1.78 bits per heavy atom. The van der Waals surface area contributed by atoms with Gasteiger partial charge in [0.25, 0.3) is 0 Å². The molecule has 3 heteroatoms. The van der Waals surface area contributed by atoms with Crippen LogP contribution in [0.15, 0.2) is 12.3 Å². The first-order chi connectivity index (χ1) is 8.35. The summed E-state index contributed by atoms with van der Waals surface area (Å²) in [6.07, 6.45) is 2.43. The van der Waals surface area contributed by atoms with E-state index < -0.39 is 0 Å². The van der Waals surface area contributed by atoms with Crippen LogP contribution < -0.4 is 10.6 Å². The zero-order chi connectivity index (χ0) is 15.2. The second-order valence-electron chi connectivity index (χ2n) is 4.97. The minimum Gasteiger partial charge on any atom is -0.386 e. The Morgan fingerprint density at radius 3 is 1.83 bits per heavy atom. The van der Waals surface area contributed by atoms with E-state index in [0.717, 1.165) is 6.54 Å². The van der Waals surface area contributed by atoms with E-state index in [0.29, 0.717) is 11.6 Å². The second kappa shape index (κ2) is 14.2. The standard InChI is InChI=1S/C6H11N.C6H15N.C2H6.CH2O/c1-5-3-4-6(2)7-5;1-5-7-6(2,3)4;2*1-2/h6-7H,1,3-4H2,2H3;7H,5H2,1-4H3;1-2H3;1H2. The molecule has 3 nitrogen and oxygen atoms in total. The molecule has 1 fully saturated rings. The van der Waals surface area contributed by atoms with E-state index in [-0.39, 0.29) is 0 Å². The van der Waals surface area contributed by atoms with Gasteiger partial charge in [0.05, 0.1) is 0 Å². The highest BCUT2D eigenvalue weighted by Crippen LogP contribution is 2.11. The number of rotatable bonds is 1. The van der Waals surface area contributed by atoms with E-state index in [1.165, 1.54) is 18.5 Å². The van der Waals surface area contributed by atoms with Gasteiger partial charge in [-0.3, -0.25) is 0 Å². The maximum Gasteiger partial charge on any atom is 0.106 e. The molecule has 110 valence electrons. The lowest BCUT2D eigenvalue weighted by atomic mass is 10.1. The molecule has 2 N–H and O–H groups in total. The molecule has 0 aromatic carbocycles. The molecule has 18 heavy (non-hydrogen) atoms. The van der Waals surface area contributed by atoms with E-state index >= 15 is 0 Å². The zero-order valence-electron chi connectivity index (χ0n) is 13.5. The Hall–Kier alpha value is -0.830. The van der Waals surface area contributed by atoms with Gasteiger partial charge >= 0.3 is 0 Å². The predicted octanol–water partition coefficient (Wildman–Crippen LogP) is 3.51. The number of carbonyl (C=O) groups is 1. The van der Waals surface area contributed by atoms with Gasteiger partial charge in [-0.1, -0.05) is 27.4 Å². The maximum atomic E-state index is 8.00. The highest BCUT2D eigenvalue weighted by Gasteiger charge is 2.09. The Bertz CT molecular complexity index is 185. The van der Waals surface area contributed by atoms with Crippen molar-refractivity contribution in [2.75, 3.05) is 6.54 Å². The van der Waals surface area contributed by atoms with Crippen LogP contribution in [0.25, 0.3) is 0 Å². The van der Waals surface area contributed by atoms with Crippen molar-refractivity contribution in [2.45, 2.75) is 72.9 Å². The average Bonchev–Trinajstić information content (AvgIpc) is 2.67. The van der Waals surface area contributed by atoms with Crippen molar-refractivity contribution in [2.24, 2.45) is 0 Å². The number of hydrogen-bond acceptors (Lipinski definition) is 3. The minimum atomic E-state index is 0.300. The van der Waals surface area contributed by atoms with E-state index in [4.69, 9.17) is 4.79 Å². The van der Waals surface area contributed by atoms with Crippen LogP contribution >= 0.6 is 0 Å². The van der Waals surface area contributed by atoms with Gasteiger partial charge in [0.15, 0.2) is 0 Å². The molecule has 1 saturated heterocycles. The largest absolute Gasteiger partial charge is 0.386 e. The number of hydrogen-bond donors (Lipinski definition) is 2. The van der Waals surface area contributed by atoms with E-state index in [1.807, 2.05) is 20.6 Å². The van der Waals surface area contributed by atoms with Crippen LogP contribution in [0.5, 0.6) is 0 Å². The summed E-state index contributed by atoms with van der Waals surface area (Å²) in [6.45, 7) is 21.6. The summed E-state index contributed by atoms with van der Waals surface area (Å²) in [5, 5.41) is 6.51. The van der Waals surface area contributed by atoms with Gasteiger partial charge < -0.3 is 15.4 Å². The summed E-state index contributed by atoms with van der Waals surface area (Å²) in [6, 6.07) is 0.674. The molecule has 1 heterocycles. The van der Waals surface area contributed by atoms with Crippen molar-refractivity contribution in [3.63, 3.8) is 0 Å². The van der Waals surface area contributed by atoms with Crippen molar-refractivity contribution in [1.82, 2.24) is 10.6 Å². The van der Waals surface area contributed by atoms with Crippen LogP contribution in [-0.4, -0.2) is 24.9 Å². The van der Waals surface area contributed by atoms with Gasteiger partial charge in [0, 0.05) is 17.3 Å². The first-order valence-corrected chi connectivity index (χ1v) is 6.83. The SMILES string of the molecule is C=C1CCC(C)N1.C=O.CC.CCNC(C)(C)C. The van der Waals surface area contributed by atoms with Crippen molar-refractivity contribution < 1.29 is 4.79 Å². The first-order valence-electron chi connectivity index (χ1n) is 6.83. The molecule has 0 bridgehead atoms. The van der Waals surface area contributed by atoms with Gasteiger partial charge in [-0.2, -0.15) is 0 Å². The summed E-state index contributed by atoms with van der Waals surface area (Å²) in [5.74, 6) is 0. The molecular weight excluding hydrogens is 224 g/mol. The van der Waals surface area contributed by atoms with Crippen molar-refractivity contribution in [1.29, 1.82) is 0 Å². The molecule has 0 aromatic rings. The van der Waals surface area contributed by atoms with Gasteiger partial charge in [-0.25, -0.2) is 0 Å².